The van der Waals surface area contributed by atoms with Gasteiger partial charge in [-0.1, -0.05) is 19.1 Å². The van der Waals surface area contributed by atoms with Crippen molar-refractivity contribution in [1.29, 1.82) is 0 Å². The molecule has 7 heteroatoms. The topological polar surface area (TPSA) is 84.7 Å². The van der Waals surface area contributed by atoms with Crippen molar-refractivity contribution in [2.45, 2.75) is 37.2 Å². The number of piperidine rings is 1. The predicted octanol–water partition coefficient (Wildman–Crippen LogP) is 1.55. The molecule has 0 radical (unpaired) electrons. The molecule has 0 saturated carbocycles. The van der Waals surface area contributed by atoms with Gasteiger partial charge in [-0.3, -0.25) is 5.84 Å². The van der Waals surface area contributed by atoms with Crippen LogP contribution < -0.4 is 11.3 Å². The molecule has 118 valence electrons. The molecule has 0 amide bonds. The molecule has 0 aliphatic carbocycles. The normalized spacial score (nSPS) is 20.4. The zero-order valence-corrected chi connectivity index (χ0v) is 13.1. The molecule has 1 atom stereocenters. The second-order valence-electron chi connectivity index (χ2n) is 5.14. The summed E-state index contributed by atoms with van der Waals surface area (Å²) in [6.07, 6.45) is 2.63. The van der Waals surface area contributed by atoms with Gasteiger partial charge in [-0.2, -0.15) is 4.31 Å². The molecule has 0 aromatic heterocycles. The van der Waals surface area contributed by atoms with Crippen molar-refractivity contribution in [3.63, 3.8) is 0 Å². The maximum Gasteiger partial charge on any atom is 0.245 e. The molecule has 1 aliphatic heterocycles. The van der Waals surface area contributed by atoms with Crippen LogP contribution in [0.1, 0.15) is 26.2 Å². The number of sulfonamides is 1. The fourth-order valence-corrected chi connectivity index (χ4v) is 4.16. The Morgan fingerprint density at radius 1 is 1.43 bits per heavy atom. The van der Waals surface area contributed by atoms with E-state index in [0.717, 1.165) is 19.3 Å². The summed E-state index contributed by atoms with van der Waals surface area (Å²) in [4.78, 5) is 0.212. The van der Waals surface area contributed by atoms with Crippen LogP contribution in [0.15, 0.2) is 29.2 Å². The molecular formula is C14H23N3O3S. The highest BCUT2D eigenvalue weighted by Gasteiger charge is 2.31. The number of nitrogens with two attached hydrogens (primary N) is 1. The fourth-order valence-electron chi connectivity index (χ4n) is 2.49. The Labute approximate surface area is 126 Å². The predicted molar refractivity (Wildman–Crippen MR) is 82.3 cm³/mol. The number of hydrazine groups is 1. The molecule has 3 N–H and O–H groups in total. The zero-order chi connectivity index (χ0) is 15.3. The number of benzene rings is 1. The van der Waals surface area contributed by atoms with Crippen LogP contribution in [-0.4, -0.2) is 38.5 Å². The van der Waals surface area contributed by atoms with Gasteiger partial charge in [-0.15, -0.1) is 0 Å². The van der Waals surface area contributed by atoms with Gasteiger partial charge >= 0.3 is 0 Å². The summed E-state index contributed by atoms with van der Waals surface area (Å²) in [6.45, 7) is 3.63. The minimum Gasteiger partial charge on any atom is -0.377 e. The molecule has 1 unspecified atom stereocenters. The zero-order valence-electron chi connectivity index (χ0n) is 12.3. The number of ether oxygens (including phenoxy) is 1. The quantitative estimate of drug-likeness (QED) is 0.615. The number of nitrogen functional groups attached to an aromatic ring is 1. The number of nitrogens with one attached hydrogen (secondary N) is 1. The molecule has 1 saturated heterocycles. The van der Waals surface area contributed by atoms with Crippen molar-refractivity contribution in [1.82, 2.24) is 4.31 Å². The number of nitrogens with zero attached hydrogens (tertiary/aromatic N) is 1. The van der Waals surface area contributed by atoms with Crippen LogP contribution in [0, 0.1) is 0 Å². The Morgan fingerprint density at radius 2 is 2.19 bits per heavy atom. The molecule has 1 aromatic carbocycles. The Balaban J connectivity index is 2.18. The van der Waals surface area contributed by atoms with Crippen molar-refractivity contribution in [2.75, 3.05) is 25.1 Å². The van der Waals surface area contributed by atoms with Crippen LogP contribution in [0.25, 0.3) is 0 Å². The largest absolute Gasteiger partial charge is 0.377 e. The third kappa shape index (κ3) is 3.74. The fraction of sp³-hybridized carbons (Fsp3) is 0.571. The van der Waals surface area contributed by atoms with E-state index < -0.39 is 10.0 Å². The van der Waals surface area contributed by atoms with Crippen molar-refractivity contribution in [2.24, 2.45) is 5.84 Å². The lowest BCUT2D eigenvalue weighted by Crippen LogP contribution is -2.43. The van der Waals surface area contributed by atoms with Crippen LogP contribution in [0.5, 0.6) is 0 Å². The standard InChI is InChI=1S/C14H23N3O3S/c1-2-10-20-12-6-5-9-17(11-12)21(18,19)14-8-4-3-7-13(14)16-15/h3-4,7-8,12,16H,2,5-6,9-11,15H2,1H3. The average Bonchev–Trinajstić information content (AvgIpc) is 2.53. The Hall–Kier alpha value is -1.15. The van der Waals surface area contributed by atoms with E-state index in [4.69, 9.17) is 10.6 Å². The van der Waals surface area contributed by atoms with Crippen LogP contribution >= 0.6 is 0 Å². The molecule has 0 bridgehead atoms. The lowest BCUT2D eigenvalue weighted by molar-refractivity contribution is 0.0193. The highest BCUT2D eigenvalue weighted by atomic mass is 32.2. The first-order valence-corrected chi connectivity index (χ1v) is 8.71. The van der Waals surface area contributed by atoms with E-state index in [0.29, 0.717) is 25.4 Å². The first-order valence-electron chi connectivity index (χ1n) is 7.27. The minimum absolute atomic E-state index is 0.0218. The number of hydrogen-bond acceptors (Lipinski definition) is 5. The second-order valence-corrected chi connectivity index (χ2v) is 7.04. The Bertz CT molecular complexity index is 562. The van der Waals surface area contributed by atoms with Gasteiger partial charge in [0.1, 0.15) is 4.90 Å². The third-order valence-corrected chi connectivity index (χ3v) is 5.48. The van der Waals surface area contributed by atoms with Gasteiger partial charge in [0, 0.05) is 19.7 Å². The monoisotopic (exact) mass is 313 g/mol. The van der Waals surface area contributed by atoms with Crippen LogP contribution in [0.2, 0.25) is 0 Å². The van der Waals surface area contributed by atoms with Crippen molar-refractivity contribution >= 4 is 15.7 Å². The summed E-state index contributed by atoms with van der Waals surface area (Å²) in [7, 11) is -3.55. The summed E-state index contributed by atoms with van der Waals surface area (Å²) in [5, 5.41) is 0. The van der Waals surface area contributed by atoms with Gasteiger partial charge in [0.05, 0.1) is 11.8 Å². The Kier molecular flexibility index (Phi) is 5.58. The molecule has 1 aromatic rings. The first-order chi connectivity index (χ1) is 10.1. The smallest absolute Gasteiger partial charge is 0.245 e. The average molecular weight is 313 g/mol. The van der Waals surface area contributed by atoms with E-state index in [1.807, 2.05) is 6.92 Å². The SMILES string of the molecule is CCCOC1CCCN(S(=O)(=O)c2ccccc2NN)C1. The van der Waals surface area contributed by atoms with Crippen molar-refractivity contribution in [3.8, 4) is 0 Å². The van der Waals surface area contributed by atoms with E-state index in [-0.39, 0.29) is 11.0 Å². The number of hydrogen-bond donors (Lipinski definition) is 2. The van der Waals surface area contributed by atoms with Gasteiger partial charge in [0.2, 0.25) is 10.0 Å². The lowest BCUT2D eigenvalue weighted by atomic mass is 10.1. The third-order valence-electron chi connectivity index (χ3n) is 3.56. The van der Waals surface area contributed by atoms with Crippen molar-refractivity contribution in [3.05, 3.63) is 24.3 Å². The van der Waals surface area contributed by atoms with Crippen LogP contribution in [0.3, 0.4) is 0 Å². The van der Waals surface area contributed by atoms with Gasteiger partial charge in [-0.25, -0.2) is 8.42 Å². The summed E-state index contributed by atoms with van der Waals surface area (Å²) in [5.74, 6) is 5.41. The van der Waals surface area contributed by atoms with Crippen LogP contribution in [0.4, 0.5) is 5.69 Å². The van der Waals surface area contributed by atoms with Gasteiger partial charge in [-0.05, 0) is 31.4 Å². The maximum absolute atomic E-state index is 12.8. The maximum atomic E-state index is 12.8. The number of para-hydroxylation sites is 1. The summed E-state index contributed by atoms with van der Waals surface area (Å²) in [5.41, 5.74) is 2.86. The molecule has 1 heterocycles. The van der Waals surface area contributed by atoms with E-state index in [1.165, 1.54) is 4.31 Å². The first kappa shape index (κ1) is 16.2. The van der Waals surface area contributed by atoms with E-state index in [1.54, 1.807) is 24.3 Å². The van der Waals surface area contributed by atoms with Gasteiger partial charge < -0.3 is 10.2 Å². The highest BCUT2D eigenvalue weighted by molar-refractivity contribution is 7.89. The minimum atomic E-state index is -3.55. The van der Waals surface area contributed by atoms with E-state index >= 15 is 0 Å². The van der Waals surface area contributed by atoms with Gasteiger partial charge in [0.25, 0.3) is 0 Å². The van der Waals surface area contributed by atoms with Gasteiger partial charge in [0.15, 0.2) is 0 Å². The summed E-state index contributed by atoms with van der Waals surface area (Å²) < 4.78 is 32.7. The summed E-state index contributed by atoms with van der Waals surface area (Å²) >= 11 is 0. The van der Waals surface area contributed by atoms with Crippen molar-refractivity contribution < 1.29 is 13.2 Å². The molecule has 0 spiro atoms. The molecule has 2 rings (SSSR count). The number of rotatable bonds is 6. The molecule has 6 nitrogen and oxygen atoms in total. The molecule has 21 heavy (non-hydrogen) atoms. The molecular weight excluding hydrogens is 290 g/mol. The highest BCUT2D eigenvalue weighted by Crippen LogP contribution is 2.26. The van der Waals surface area contributed by atoms with E-state index in [9.17, 15) is 8.42 Å². The van der Waals surface area contributed by atoms with E-state index in [2.05, 4.69) is 5.43 Å². The summed E-state index contributed by atoms with van der Waals surface area (Å²) in [6, 6.07) is 6.67. The second kappa shape index (κ2) is 7.22. The molecule has 1 fully saturated rings. The lowest BCUT2D eigenvalue weighted by Gasteiger charge is -2.32. The molecule has 1 aliphatic rings. The Morgan fingerprint density at radius 3 is 2.90 bits per heavy atom. The van der Waals surface area contributed by atoms with Crippen LogP contribution in [-0.2, 0) is 14.8 Å². The number of anilines is 1.